The normalized spacial score (nSPS) is 20.5. The molecule has 2 heterocycles. The number of nitrogens with zero attached hydrogens (tertiary/aromatic N) is 2. The van der Waals surface area contributed by atoms with E-state index in [-0.39, 0.29) is 18.5 Å². The number of aromatic nitrogens is 1. The van der Waals surface area contributed by atoms with Crippen LogP contribution in [0.2, 0.25) is 0 Å². The summed E-state index contributed by atoms with van der Waals surface area (Å²) in [5, 5.41) is 6.71. The second-order valence-electron chi connectivity index (χ2n) is 6.44. The van der Waals surface area contributed by atoms with Crippen molar-refractivity contribution < 1.29 is 14.1 Å². The average molecular weight is 327 g/mol. The van der Waals surface area contributed by atoms with E-state index in [4.69, 9.17) is 4.52 Å². The van der Waals surface area contributed by atoms with Crippen LogP contribution in [0.5, 0.6) is 0 Å². The highest BCUT2D eigenvalue weighted by Crippen LogP contribution is 2.26. The van der Waals surface area contributed by atoms with Crippen LogP contribution in [0.15, 0.2) is 34.9 Å². The summed E-state index contributed by atoms with van der Waals surface area (Å²) in [7, 11) is 0. The molecule has 6 nitrogen and oxygen atoms in total. The van der Waals surface area contributed by atoms with Crippen molar-refractivity contribution >= 4 is 11.9 Å². The topological polar surface area (TPSA) is 75.4 Å². The Morgan fingerprint density at radius 2 is 1.92 bits per heavy atom. The van der Waals surface area contributed by atoms with E-state index in [1.165, 1.54) is 4.90 Å². The maximum absolute atomic E-state index is 12.8. The third-order valence-electron chi connectivity index (χ3n) is 4.60. The minimum absolute atomic E-state index is 0.187. The molecule has 2 aromatic rings. The van der Waals surface area contributed by atoms with Gasteiger partial charge in [0.1, 0.15) is 11.3 Å². The number of rotatable bonds is 5. The quantitative estimate of drug-likeness (QED) is 0.857. The standard InChI is InChI=1S/C18H21N3O3/c1-12-15(13(2)24-20-12)11-21-16(22)18(3,19-17(21)23)10-9-14-7-5-4-6-8-14/h4-8H,9-11H2,1-3H3,(H,19,23)/t18-/m0/s1. The molecule has 0 spiro atoms. The van der Waals surface area contributed by atoms with Crippen molar-refractivity contribution in [3.05, 3.63) is 52.9 Å². The maximum atomic E-state index is 12.8. The molecule has 1 aliphatic heterocycles. The molecule has 0 saturated carbocycles. The Labute approximate surface area is 140 Å². The zero-order chi connectivity index (χ0) is 17.3. The molecule has 126 valence electrons. The molecular weight excluding hydrogens is 306 g/mol. The van der Waals surface area contributed by atoms with Gasteiger partial charge in [0, 0.05) is 5.56 Å². The van der Waals surface area contributed by atoms with Gasteiger partial charge in [0.2, 0.25) is 0 Å². The van der Waals surface area contributed by atoms with E-state index in [9.17, 15) is 9.59 Å². The number of nitrogens with one attached hydrogen (secondary N) is 1. The maximum Gasteiger partial charge on any atom is 0.325 e. The molecular formula is C18H21N3O3. The molecule has 3 rings (SSSR count). The number of carbonyl (C=O) groups is 2. The first-order chi connectivity index (χ1) is 11.4. The van der Waals surface area contributed by atoms with Crippen LogP contribution in [0, 0.1) is 13.8 Å². The van der Waals surface area contributed by atoms with Gasteiger partial charge in [0.05, 0.1) is 12.2 Å². The van der Waals surface area contributed by atoms with Crippen LogP contribution in [0.4, 0.5) is 4.79 Å². The van der Waals surface area contributed by atoms with Gasteiger partial charge < -0.3 is 9.84 Å². The zero-order valence-electron chi connectivity index (χ0n) is 14.1. The molecule has 1 saturated heterocycles. The Morgan fingerprint density at radius 3 is 2.54 bits per heavy atom. The van der Waals surface area contributed by atoms with E-state index >= 15 is 0 Å². The lowest BCUT2D eigenvalue weighted by atomic mass is 9.93. The zero-order valence-corrected chi connectivity index (χ0v) is 14.1. The fraction of sp³-hybridized carbons (Fsp3) is 0.389. The van der Waals surface area contributed by atoms with Crippen molar-refractivity contribution in [1.82, 2.24) is 15.4 Å². The highest BCUT2D eigenvalue weighted by molar-refractivity contribution is 6.06. The van der Waals surface area contributed by atoms with Gasteiger partial charge in [-0.3, -0.25) is 9.69 Å². The van der Waals surface area contributed by atoms with Crippen LogP contribution in [0.25, 0.3) is 0 Å². The van der Waals surface area contributed by atoms with Gasteiger partial charge in [-0.15, -0.1) is 0 Å². The van der Waals surface area contributed by atoms with Crippen LogP contribution in [0.1, 0.15) is 35.9 Å². The third kappa shape index (κ3) is 2.91. The van der Waals surface area contributed by atoms with Crippen molar-refractivity contribution in [1.29, 1.82) is 0 Å². The van der Waals surface area contributed by atoms with Gasteiger partial charge >= 0.3 is 6.03 Å². The average Bonchev–Trinajstić information content (AvgIpc) is 2.99. The Kier molecular flexibility index (Phi) is 4.13. The Hall–Kier alpha value is -2.63. The molecule has 1 atom stereocenters. The predicted molar refractivity (Wildman–Crippen MR) is 88.2 cm³/mol. The molecule has 0 radical (unpaired) electrons. The molecule has 0 bridgehead atoms. The molecule has 1 aliphatic rings. The lowest BCUT2D eigenvalue weighted by Gasteiger charge is -2.21. The molecule has 1 aromatic heterocycles. The first kappa shape index (κ1) is 16.2. The van der Waals surface area contributed by atoms with Crippen molar-refractivity contribution in [2.45, 2.75) is 45.7 Å². The SMILES string of the molecule is Cc1noc(C)c1CN1C(=O)N[C@@](C)(CCc2ccccc2)C1=O. The summed E-state index contributed by atoms with van der Waals surface area (Å²) in [6, 6.07) is 9.57. The van der Waals surface area contributed by atoms with Gasteiger partial charge in [-0.2, -0.15) is 0 Å². The first-order valence-corrected chi connectivity index (χ1v) is 8.00. The third-order valence-corrected chi connectivity index (χ3v) is 4.60. The molecule has 1 N–H and O–H groups in total. The summed E-state index contributed by atoms with van der Waals surface area (Å²) in [5.41, 5.74) is 1.74. The number of imide groups is 1. The summed E-state index contributed by atoms with van der Waals surface area (Å²) in [6.07, 6.45) is 1.28. The predicted octanol–water partition coefficient (Wildman–Crippen LogP) is 2.73. The van der Waals surface area contributed by atoms with Crippen molar-refractivity contribution in [3.8, 4) is 0 Å². The van der Waals surface area contributed by atoms with Gasteiger partial charge in [-0.25, -0.2) is 4.79 Å². The van der Waals surface area contributed by atoms with Crippen molar-refractivity contribution in [3.63, 3.8) is 0 Å². The van der Waals surface area contributed by atoms with Gasteiger partial charge in [-0.1, -0.05) is 35.5 Å². The minimum atomic E-state index is -0.883. The van der Waals surface area contributed by atoms with E-state index in [2.05, 4.69) is 10.5 Å². The summed E-state index contributed by atoms with van der Waals surface area (Å²) >= 11 is 0. The summed E-state index contributed by atoms with van der Waals surface area (Å²) < 4.78 is 5.11. The van der Waals surface area contributed by atoms with Gasteiger partial charge in [0.25, 0.3) is 5.91 Å². The summed E-state index contributed by atoms with van der Waals surface area (Å²) in [6.45, 7) is 5.55. The fourth-order valence-corrected chi connectivity index (χ4v) is 2.98. The van der Waals surface area contributed by atoms with Crippen LogP contribution < -0.4 is 5.32 Å². The number of hydrogen-bond acceptors (Lipinski definition) is 4. The first-order valence-electron chi connectivity index (χ1n) is 8.00. The lowest BCUT2D eigenvalue weighted by molar-refractivity contribution is -0.131. The number of urea groups is 1. The summed E-state index contributed by atoms with van der Waals surface area (Å²) in [4.78, 5) is 26.4. The lowest BCUT2D eigenvalue weighted by Crippen LogP contribution is -2.44. The van der Waals surface area contributed by atoms with Crippen LogP contribution in [-0.2, 0) is 17.8 Å². The van der Waals surface area contributed by atoms with E-state index in [1.54, 1.807) is 20.8 Å². The highest BCUT2D eigenvalue weighted by atomic mass is 16.5. The van der Waals surface area contributed by atoms with Gasteiger partial charge in [0.15, 0.2) is 0 Å². The second-order valence-corrected chi connectivity index (χ2v) is 6.44. The van der Waals surface area contributed by atoms with E-state index < -0.39 is 5.54 Å². The van der Waals surface area contributed by atoms with Crippen molar-refractivity contribution in [2.75, 3.05) is 0 Å². The smallest absolute Gasteiger partial charge is 0.325 e. The summed E-state index contributed by atoms with van der Waals surface area (Å²) in [5.74, 6) is 0.425. The van der Waals surface area contributed by atoms with Crippen LogP contribution >= 0.6 is 0 Å². The molecule has 1 fully saturated rings. The Morgan fingerprint density at radius 1 is 1.21 bits per heavy atom. The van der Waals surface area contributed by atoms with Crippen LogP contribution in [-0.4, -0.2) is 27.5 Å². The van der Waals surface area contributed by atoms with E-state index in [0.717, 1.165) is 17.5 Å². The highest BCUT2D eigenvalue weighted by Gasteiger charge is 2.47. The number of hydrogen-bond donors (Lipinski definition) is 1. The number of carbonyl (C=O) groups excluding carboxylic acids is 2. The second kappa shape index (κ2) is 6.11. The molecule has 0 aliphatic carbocycles. The molecule has 0 unspecified atom stereocenters. The molecule has 6 heteroatoms. The molecule has 24 heavy (non-hydrogen) atoms. The number of aryl methyl sites for hydroxylation is 3. The molecule has 3 amide bonds. The van der Waals surface area contributed by atoms with E-state index in [1.807, 2.05) is 30.3 Å². The van der Waals surface area contributed by atoms with Crippen LogP contribution in [0.3, 0.4) is 0 Å². The Bertz CT molecular complexity index is 750. The molecule has 1 aromatic carbocycles. The van der Waals surface area contributed by atoms with Crippen molar-refractivity contribution in [2.24, 2.45) is 0 Å². The van der Waals surface area contributed by atoms with Gasteiger partial charge in [-0.05, 0) is 39.2 Å². The fourth-order valence-electron chi connectivity index (χ4n) is 2.98. The number of amides is 3. The number of benzene rings is 1. The monoisotopic (exact) mass is 327 g/mol. The van der Waals surface area contributed by atoms with E-state index in [0.29, 0.717) is 17.9 Å². The Balaban J connectivity index is 1.73. The minimum Gasteiger partial charge on any atom is -0.361 e. The largest absolute Gasteiger partial charge is 0.361 e.